The minimum atomic E-state index is 0.0704. The summed E-state index contributed by atoms with van der Waals surface area (Å²) in [6, 6.07) is 8.02. The molecule has 102 valence electrons. The molecule has 0 aliphatic rings. The highest BCUT2D eigenvalue weighted by Gasteiger charge is 2.10. The minimum Gasteiger partial charge on any atom is -0.491 e. The Morgan fingerprint density at radius 1 is 1.21 bits per heavy atom. The number of ether oxygens (including phenoxy) is 1. The lowest BCUT2D eigenvalue weighted by atomic mass is 10.1. The van der Waals surface area contributed by atoms with E-state index in [1.54, 1.807) is 0 Å². The number of rotatable bonds is 5. The fourth-order valence-electron chi connectivity index (χ4n) is 2.01. The van der Waals surface area contributed by atoms with Crippen LogP contribution in [0.4, 0.5) is 0 Å². The molecule has 1 aromatic carbocycles. The summed E-state index contributed by atoms with van der Waals surface area (Å²) in [7, 11) is 0. The monoisotopic (exact) mass is 259 g/mol. The molecule has 1 heterocycles. The molecule has 0 bridgehead atoms. The van der Waals surface area contributed by atoms with Gasteiger partial charge in [-0.05, 0) is 38.1 Å². The SMILES string of the molecule is CC(C)Oc1ccc2c(ccn2CC(=O)C(C)C)c1. The molecular formula is C16H21NO2. The van der Waals surface area contributed by atoms with Crippen molar-refractivity contribution in [3.05, 3.63) is 30.5 Å². The third-order valence-corrected chi connectivity index (χ3v) is 3.08. The first-order valence-corrected chi connectivity index (χ1v) is 6.75. The molecule has 0 unspecified atom stereocenters. The molecule has 0 fully saturated rings. The summed E-state index contributed by atoms with van der Waals surface area (Å²) in [5.74, 6) is 1.19. The second-order valence-corrected chi connectivity index (χ2v) is 5.45. The Labute approximate surface area is 114 Å². The first-order chi connectivity index (χ1) is 8.97. The molecule has 0 aliphatic heterocycles. The van der Waals surface area contributed by atoms with Gasteiger partial charge in [0.15, 0.2) is 5.78 Å². The van der Waals surface area contributed by atoms with E-state index < -0.39 is 0 Å². The van der Waals surface area contributed by atoms with E-state index in [2.05, 4.69) is 0 Å². The molecule has 0 N–H and O–H groups in total. The number of Topliss-reactive ketones (excluding diaryl/α,β-unsaturated/α-hetero) is 1. The zero-order valence-electron chi connectivity index (χ0n) is 12.0. The molecule has 2 rings (SSSR count). The summed E-state index contributed by atoms with van der Waals surface area (Å²) in [6.45, 7) is 8.32. The van der Waals surface area contributed by atoms with Gasteiger partial charge in [-0.2, -0.15) is 0 Å². The van der Waals surface area contributed by atoms with E-state index in [-0.39, 0.29) is 17.8 Å². The normalized spacial score (nSPS) is 11.5. The molecule has 1 aromatic heterocycles. The van der Waals surface area contributed by atoms with Crippen LogP contribution in [0.5, 0.6) is 5.75 Å². The standard InChI is InChI=1S/C16H21NO2/c1-11(2)16(18)10-17-8-7-13-9-14(19-12(3)4)5-6-15(13)17/h5-9,11-12H,10H2,1-4H3. The van der Waals surface area contributed by atoms with Crippen molar-refractivity contribution < 1.29 is 9.53 Å². The van der Waals surface area contributed by atoms with Crippen LogP contribution in [-0.4, -0.2) is 16.5 Å². The predicted molar refractivity (Wildman–Crippen MR) is 77.5 cm³/mol. The van der Waals surface area contributed by atoms with E-state index in [0.717, 1.165) is 16.7 Å². The number of ketones is 1. The number of hydrogen-bond acceptors (Lipinski definition) is 2. The van der Waals surface area contributed by atoms with E-state index in [0.29, 0.717) is 6.54 Å². The van der Waals surface area contributed by atoms with Crippen LogP contribution in [0.3, 0.4) is 0 Å². The first kappa shape index (κ1) is 13.7. The Kier molecular flexibility index (Phi) is 3.93. The zero-order chi connectivity index (χ0) is 14.0. The number of hydrogen-bond donors (Lipinski definition) is 0. The number of aromatic nitrogens is 1. The van der Waals surface area contributed by atoms with Crippen molar-refractivity contribution in [2.24, 2.45) is 5.92 Å². The minimum absolute atomic E-state index is 0.0704. The fraction of sp³-hybridized carbons (Fsp3) is 0.438. The smallest absolute Gasteiger partial charge is 0.155 e. The molecule has 0 radical (unpaired) electrons. The molecule has 19 heavy (non-hydrogen) atoms. The summed E-state index contributed by atoms with van der Waals surface area (Å²) in [5, 5.41) is 1.11. The predicted octanol–water partition coefficient (Wildman–Crippen LogP) is 3.65. The number of fused-ring (bicyclic) bond motifs is 1. The highest BCUT2D eigenvalue weighted by Crippen LogP contribution is 2.23. The average molecular weight is 259 g/mol. The van der Waals surface area contributed by atoms with Crippen molar-refractivity contribution in [3.8, 4) is 5.75 Å². The Hall–Kier alpha value is -1.77. The van der Waals surface area contributed by atoms with Gasteiger partial charge >= 0.3 is 0 Å². The summed E-state index contributed by atoms with van der Waals surface area (Å²) >= 11 is 0. The lowest BCUT2D eigenvalue weighted by Gasteiger charge is -2.10. The van der Waals surface area contributed by atoms with E-state index in [4.69, 9.17) is 4.74 Å². The van der Waals surface area contributed by atoms with Crippen LogP contribution >= 0.6 is 0 Å². The summed E-state index contributed by atoms with van der Waals surface area (Å²) < 4.78 is 7.67. The highest BCUT2D eigenvalue weighted by atomic mass is 16.5. The Morgan fingerprint density at radius 3 is 2.58 bits per heavy atom. The first-order valence-electron chi connectivity index (χ1n) is 6.75. The molecule has 2 aromatic rings. The van der Waals surface area contributed by atoms with Crippen LogP contribution in [0.25, 0.3) is 10.9 Å². The summed E-state index contributed by atoms with van der Waals surface area (Å²) in [5.41, 5.74) is 1.07. The highest BCUT2D eigenvalue weighted by molar-refractivity contribution is 5.85. The maximum absolute atomic E-state index is 11.8. The van der Waals surface area contributed by atoms with E-state index >= 15 is 0 Å². The Bertz CT molecular complexity index is 581. The fourth-order valence-corrected chi connectivity index (χ4v) is 2.01. The summed E-state index contributed by atoms with van der Waals surface area (Å²) in [4.78, 5) is 11.8. The summed E-state index contributed by atoms with van der Waals surface area (Å²) in [6.07, 6.45) is 2.13. The van der Waals surface area contributed by atoms with Crippen LogP contribution in [0.15, 0.2) is 30.5 Å². The van der Waals surface area contributed by atoms with Crippen molar-refractivity contribution in [3.63, 3.8) is 0 Å². The largest absolute Gasteiger partial charge is 0.491 e. The van der Waals surface area contributed by atoms with Gasteiger partial charge in [0.1, 0.15) is 5.75 Å². The molecular weight excluding hydrogens is 238 g/mol. The van der Waals surface area contributed by atoms with Crippen LogP contribution in [0, 0.1) is 5.92 Å². The van der Waals surface area contributed by atoms with Gasteiger partial charge in [0.2, 0.25) is 0 Å². The van der Waals surface area contributed by atoms with Crippen molar-refractivity contribution in [2.45, 2.75) is 40.3 Å². The van der Waals surface area contributed by atoms with Crippen molar-refractivity contribution in [1.82, 2.24) is 4.57 Å². The van der Waals surface area contributed by atoms with Crippen LogP contribution in [-0.2, 0) is 11.3 Å². The quantitative estimate of drug-likeness (QED) is 0.820. The van der Waals surface area contributed by atoms with Gasteiger partial charge in [-0.25, -0.2) is 0 Å². The van der Waals surface area contributed by atoms with Crippen molar-refractivity contribution >= 4 is 16.7 Å². The second kappa shape index (κ2) is 5.47. The maximum atomic E-state index is 11.8. The molecule has 0 atom stereocenters. The molecule has 3 nitrogen and oxygen atoms in total. The molecule has 0 saturated heterocycles. The lowest BCUT2D eigenvalue weighted by molar-refractivity contribution is -0.122. The lowest BCUT2D eigenvalue weighted by Crippen LogP contribution is -2.14. The molecule has 0 aliphatic carbocycles. The van der Waals surface area contributed by atoms with E-state index in [9.17, 15) is 4.79 Å². The van der Waals surface area contributed by atoms with Gasteiger partial charge in [0, 0.05) is 23.0 Å². The third-order valence-electron chi connectivity index (χ3n) is 3.08. The Balaban J connectivity index is 2.26. The molecule has 0 amide bonds. The van der Waals surface area contributed by atoms with Crippen LogP contribution in [0.1, 0.15) is 27.7 Å². The van der Waals surface area contributed by atoms with Gasteiger partial charge in [-0.15, -0.1) is 0 Å². The number of benzene rings is 1. The van der Waals surface area contributed by atoms with Gasteiger partial charge < -0.3 is 9.30 Å². The van der Waals surface area contributed by atoms with Crippen molar-refractivity contribution in [2.75, 3.05) is 0 Å². The maximum Gasteiger partial charge on any atom is 0.155 e. The number of carbonyl (C=O) groups is 1. The number of nitrogens with zero attached hydrogens (tertiary/aromatic N) is 1. The van der Waals surface area contributed by atoms with E-state index in [1.807, 2.05) is 62.7 Å². The topological polar surface area (TPSA) is 31.2 Å². The average Bonchev–Trinajstić information content (AvgIpc) is 2.71. The second-order valence-electron chi connectivity index (χ2n) is 5.45. The molecule has 3 heteroatoms. The van der Waals surface area contributed by atoms with Crippen LogP contribution < -0.4 is 4.74 Å². The van der Waals surface area contributed by atoms with Gasteiger partial charge in [-0.3, -0.25) is 4.79 Å². The van der Waals surface area contributed by atoms with Gasteiger partial charge in [-0.1, -0.05) is 13.8 Å². The Morgan fingerprint density at radius 2 is 1.95 bits per heavy atom. The van der Waals surface area contributed by atoms with Gasteiger partial charge in [0.25, 0.3) is 0 Å². The number of carbonyl (C=O) groups excluding carboxylic acids is 1. The van der Waals surface area contributed by atoms with E-state index in [1.165, 1.54) is 0 Å². The van der Waals surface area contributed by atoms with Gasteiger partial charge in [0.05, 0.1) is 12.6 Å². The molecule has 0 spiro atoms. The van der Waals surface area contributed by atoms with Crippen LogP contribution in [0.2, 0.25) is 0 Å². The third kappa shape index (κ3) is 3.16. The molecule has 0 saturated carbocycles. The zero-order valence-corrected chi connectivity index (χ0v) is 12.0. The van der Waals surface area contributed by atoms with Crippen molar-refractivity contribution in [1.29, 1.82) is 0 Å².